The molecular weight excluding hydrogens is 256 g/mol. The third kappa shape index (κ3) is 3.51. The van der Waals surface area contributed by atoms with Crippen LogP contribution in [0.4, 0.5) is 0 Å². The molecule has 1 heterocycles. The molecule has 2 amide bonds. The first-order chi connectivity index (χ1) is 9.23. The topological polar surface area (TPSA) is 49.9 Å². The van der Waals surface area contributed by atoms with Crippen LogP contribution >= 0.6 is 0 Å². The fourth-order valence-electron chi connectivity index (χ4n) is 2.80. The molecule has 20 heavy (non-hydrogen) atoms. The maximum absolute atomic E-state index is 12.4. The third-order valence-corrected chi connectivity index (χ3v) is 3.91. The van der Waals surface area contributed by atoms with Crippen LogP contribution in [0.5, 0.6) is 0 Å². The SMILES string of the molecule is CCOC[C@]1(C)C[C@H](C(=O)N(C)C)CN1C(=O)C(C)C. The number of nitrogens with zero attached hydrogens (tertiary/aromatic N) is 2. The summed E-state index contributed by atoms with van der Waals surface area (Å²) in [6.07, 6.45) is 0.669. The van der Waals surface area contributed by atoms with Crippen LogP contribution in [0.15, 0.2) is 0 Å². The Hall–Kier alpha value is -1.10. The monoisotopic (exact) mass is 284 g/mol. The Morgan fingerprint density at radius 3 is 2.45 bits per heavy atom. The van der Waals surface area contributed by atoms with Gasteiger partial charge in [0.2, 0.25) is 11.8 Å². The Morgan fingerprint density at radius 2 is 2.00 bits per heavy atom. The molecule has 5 heteroatoms. The lowest BCUT2D eigenvalue weighted by Crippen LogP contribution is -2.49. The molecule has 0 saturated carbocycles. The largest absolute Gasteiger partial charge is 0.379 e. The van der Waals surface area contributed by atoms with Crippen LogP contribution in [0.2, 0.25) is 0 Å². The summed E-state index contributed by atoms with van der Waals surface area (Å²) in [5.41, 5.74) is -0.381. The van der Waals surface area contributed by atoms with E-state index in [4.69, 9.17) is 4.74 Å². The highest BCUT2D eigenvalue weighted by atomic mass is 16.5. The standard InChI is InChI=1S/C15H28N2O3/c1-7-20-10-15(4)8-12(14(19)16(5)6)9-17(15)13(18)11(2)3/h11-12H,7-10H2,1-6H3/t12-,15-/m0/s1. The Kier molecular flexibility index (Phi) is 5.57. The number of ether oxygens (including phenoxy) is 1. The zero-order chi connectivity index (χ0) is 15.5. The summed E-state index contributed by atoms with van der Waals surface area (Å²) < 4.78 is 5.55. The van der Waals surface area contributed by atoms with Gasteiger partial charge in [0, 0.05) is 33.2 Å². The molecule has 0 aliphatic carbocycles. The van der Waals surface area contributed by atoms with Gasteiger partial charge in [-0.2, -0.15) is 0 Å². The molecule has 1 aliphatic heterocycles. The average molecular weight is 284 g/mol. The molecule has 0 unspecified atom stereocenters. The molecule has 0 aromatic heterocycles. The van der Waals surface area contributed by atoms with Gasteiger partial charge in [0.1, 0.15) is 0 Å². The van der Waals surface area contributed by atoms with E-state index in [1.165, 1.54) is 0 Å². The van der Waals surface area contributed by atoms with Crippen molar-refractivity contribution in [2.45, 2.75) is 39.7 Å². The van der Waals surface area contributed by atoms with E-state index in [0.717, 1.165) is 0 Å². The molecule has 1 fully saturated rings. The number of hydrogen-bond donors (Lipinski definition) is 0. The van der Waals surface area contributed by atoms with E-state index < -0.39 is 0 Å². The van der Waals surface area contributed by atoms with E-state index in [2.05, 4.69) is 0 Å². The lowest BCUT2D eigenvalue weighted by molar-refractivity contribution is -0.140. The summed E-state index contributed by atoms with van der Waals surface area (Å²) in [7, 11) is 3.52. The predicted molar refractivity (Wildman–Crippen MR) is 78.3 cm³/mol. The second kappa shape index (κ2) is 6.57. The molecule has 0 radical (unpaired) electrons. The van der Waals surface area contributed by atoms with Gasteiger partial charge < -0.3 is 14.5 Å². The zero-order valence-electron chi connectivity index (χ0n) is 13.6. The van der Waals surface area contributed by atoms with E-state index in [-0.39, 0.29) is 29.2 Å². The molecule has 1 saturated heterocycles. The van der Waals surface area contributed by atoms with Crippen molar-refractivity contribution in [1.82, 2.24) is 9.80 Å². The Labute approximate surface area is 122 Å². The molecule has 1 rings (SSSR count). The van der Waals surface area contributed by atoms with Crippen LogP contribution in [0.1, 0.15) is 34.1 Å². The summed E-state index contributed by atoms with van der Waals surface area (Å²) in [4.78, 5) is 28.1. The van der Waals surface area contributed by atoms with Crippen LogP contribution in [0.25, 0.3) is 0 Å². The molecule has 0 N–H and O–H groups in total. The maximum atomic E-state index is 12.4. The number of carbonyl (C=O) groups excluding carboxylic acids is 2. The highest BCUT2D eigenvalue weighted by Gasteiger charge is 2.47. The van der Waals surface area contributed by atoms with Gasteiger partial charge in [-0.15, -0.1) is 0 Å². The van der Waals surface area contributed by atoms with E-state index in [0.29, 0.717) is 26.2 Å². The maximum Gasteiger partial charge on any atom is 0.227 e. The van der Waals surface area contributed by atoms with Gasteiger partial charge in [-0.05, 0) is 20.3 Å². The van der Waals surface area contributed by atoms with Gasteiger partial charge in [0.25, 0.3) is 0 Å². The van der Waals surface area contributed by atoms with Gasteiger partial charge in [0.05, 0.1) is 18.1 Å². The first-order valence-electron chi connectivity index (χ1n) is 7.33. The summed E-state index contributed by atoms with van der Waals surface area (Å²) in [6, 6.07) is 0. The third-order valence-electron chi connectivity index (χ3n) is 3.91. The molecule has 0 spiro atoms. The van der Waals surface area contributed by atoms with E-state index >= 15 is 0 Å². The molecule has 0 aromatic rings. The second-order valence-corrected chi connectivity index (χ2v) is 6.37. The quantitative estimate of drug-likeness (QED) is 0.766. The van der Waals surface area contributed by atoms with Gasteiger partial charge in [0.15, 0.2) is 0 Å². The molecule has 1 aliphatic rings. The van der Waals surface area contributed by atoms with Crippen molar-refractivity contribution in [2.75, 3.05) is 33.9 Å². The number of carbonyl (C=O) groups is 2. The second-order valence-electron chi connectivity index (χ2n) is 6.37. The molecular formula is C15H28N2O3. The Bertz CT molecular complexity index is 368. The average Bonchev–Trinajstić information content (AvgIpc) is 2.72. The Balaban J connectivity index is 2.93. The Morgan fingerprint density at radius 1 is 1.40 bits per heavy atom. The summed E-state index contributed by atoms with van der Waals surface area (Å²) in [6.45, 7) is 9.35. The van der Waals surface area contributed by atoms with Crippen molar-refractivity contribution in [3.63, 3.8) is 0 Å². The van der Waals surface area contributed by atoms with Crippen LogP contribution in [0.3, 0.4) is 0 Å². The molecule has 5 nitrogen and oxygen atoms in total. The van der Waals surface area contributed by atoms with E-state index in [9.17, 15) is 9.59 Å². The fraction of sp³-hybridized carbons (Fsp3) is 0.867. The minimum Gasteiger partial charge on any atom is -0.379 e. The highest BCUT2D eigenvalue weighted by Crippen LogP contribution is 2.35. The van der Waals surface area contributed by atoms with Crippen LogP contribution in [0, 0.1) is 11.8 Å². The lowest BCUT2D eigenvalue weighted by atomic mass is 9.94. The minimum atomic E-state index is -0.381. The first kappa shape index (κ1) is 17.0. The van der Waals surface area contributed by atoms with Gasteiger partial charge in [-0.25, -0.2) is 0 Å². The predicted octanol–water partition coefficient (Wildman–Crippen LogP) is 1.37. The van der Waals surface area contributed by atoms with Gasteiger partial charge in [-0.3, -0.25) is 9.59 Å². The summed E-state index contributed by atoms with van der Waals surface area (Å²) >= 11 is 0. The molecule has 0 bridgehead atoms. The lowest BCUT2D eigenvalue weighted by Gasteiger charge is -2.36. The summed E-state index contributed by atoms with van der Waals surface area (Å²) in [5, 5.41) is 0. The van der Waals surface area contributed by atoms with Gasteiger partial charge in [-0.1, -0.05) is 13.8 Å². The van der Waals surface area contributed by atoms with Crippen molar-refractivity contribution in [3.05, 3.63) is 0 Å². The number of likely N-dealkylation sites (tertiary alicyclic amines) is 1. The zero-order valence-corrected chi connectivity index (χ0v) is 13.6. The van der Waals surface area contributed by atoms with E-state index in [1.807, 2.05) is 32.6 Å². The molecule has 2 atom stereocenters. The molecule has 0 aromatic carbocycles. The minimum absolute atomic E-state index is 0.0656. The fourth-order valence-corrected chi connectivity index (χ4v) is 2.80. The highest BCUT2D eigenvalue weighted by molar-refractivity contribution is 5.83. The van der Waals surface area contributed by atoms with Crippen LogP contribution in [-0.4, -0.2) is 61.0 Å². The van der Waals surface area contributed by atoms with Crippen LogP contribution in [-0.2, 0) is 14.3 Å². The van der Waals surface area contributed by atoms with Crippen molar-refractivity contribution in [1.29, 1.82) is 0 Å². The van der Waals surface area contributed by atoms with Crippen molar-refractivity contribution >= 4 is 11.8 Å². The first-order valence-corrected chi connectivity index (χ1v) is 7.33. The van der Waals surface area contributed by atoms with Gasteiger partial charge >= 0.3 is 0 Å². The molecule has 116 valence electrons. The van der Waals surface area contributed by atoms with Crippen molar-refractivity contribution < 1.29 is 14.3 Å². The van der Waals surface area contributed by atoms with Crippen LogP contribution < -0.4 is 0 Å². The van der Waals surface area contributed by atoms with Crippen molar-refractivity contribution in [2.24, 2.45) is 11.8 Å². The normalized spacial score (nSPS) is 26.1. The smallest absolute Gasteiger partial charge is 0.227 e. The summed E-state index contributed by atoms with van der Waals surface area (Å²) in [5.74, 6) is -0.00430. The number of amides is 2. The number of rotatable bonds is 5. The number of hydrogen-bond acceptors (Lipinski definition) is 3. The van der Waals surface area contributed by atoms with Crippen molar-refractivity contribution in [3.8, 4) is 0 Å². The van der Waals surface area contributed by atoms with E-state index in [1.54, 1.807) is 19.0 Å².